The van der Waals surface area contributed by atoms with Crippen LogP contribution in [0.15, 0.2) is 65.8 Å². The number of rotatable bonds is 11. The third kappa shape index (κ3) is 6.61. The average molecular weight is 477 g/mol. The van der Waals surface area contributed by atoms with Gasteiger partial charge >= 0.3 is 6.55 Å². The summed E-state index contributed by atoms with van der Waals surface area (Å²) < 4.78 is 54.5. The summed E-state index contributed by atoms with van der Waals surface area (Å²) in [6, 6.07) is 12.8. The van der Waals surface area contributed by atoms with Crippen LogP contribution in [0.4, 0.5) is 14.5 Å². The van der Waals surface area contributed by atoms with Crippen molar-refractivity contribution >= 4 is 21.6 Å². The number of halogens is 2. The van der Waals surface area contributed by atoms with Gasteiger partial charge in [0.2, 0.25) is 0 Å². The number of hydrogen-bond acceptors (Lipinski definition) is 4. The van der Waals surface area contributed by atoms with Gasteiger partial charge < -0.3 is 5.32 Å². The van der Waals surface area contributed by atoms with Gasteiger partial charge in [-0.1, -0.05) is 31.5 Å². The number of nitrogens with one attached hydrogen (secondary N) is 2. The molecule has 0 saturated heterocycles. The second-order valence-corrected chi connectivity index (χ2v) is 9.15. The zero-order chi connectivity index (χ0) is 23.8. The molecule has 0 bridgehead atoms. The summed E-state index contributed by atoms with van der Waals surface area (Å²) in [4.78, 5) is 16.3. The number of benzene rings is 2. The molecule has 3 aromatic rings. The monoisotopic (exact) mass is 476 g/mol. The molecule has 3 rings (SSSR count). The molecule has 0 unspecified atom stereocenters. The molecular weight excluding hydrogens is 450 g/mol. The second kappa shape index (κ2) is 11.0. The Morgan fingerprint density at radius 2 is 1.88 bits per heavy atom. The van der Waals surface area contributed by atoms with Crippen molar-refractivity contribution < 1.29 is 22.0 Å². The maximum atomic E-state index is 12.9. The number of imidazole rings is 1. The van der Waals surface area contributed by atoms with Crippen LogP contribution in [0.2, 0.25) is 0 Å². The van der Waals surface area contributed by atoms with E-state index in [-0.39, 0.29) is 29.2 Å². The number of aryl methyl sites for hydroxylation is 1. The molecule has 0 fully saturated rings. The van der Waals surface area contributed by atoms with Gasteiger partial charge in [0.25, 0.3) is 15.9 Å². The van der Waals surface area contributed by atoms with Gasteiger partial charge in [0.15, 0.2) is 0 Å². The summed E-state index contributed by atoms with van der Waals surface area (Å²) in [7, 11) is -3.90. The van der Waals surface area contributed by atoms with Crippen molar-refractivity contribution in [1.82, 2.24) is 14.9 Å². The Bertz CT molecular complexity index is 1180. The summed E-state index contributed by atoms with van der Waals surface area (Å²) in [5.41, 5.74) is 1.71. The van der Waals surface area contributed by atoms with Crippen molar-refractivity contribution in [1.29, 1.82) is 0 Å². The van der Waals surface area contributed by atoms with Gasteiger partial charge in [0.05, 0.1) is 4.90 Å². The number of hydrogen-bond donors (Lipinski definition) is 2. The van der Waals surface area contributed by atoms with Crippen LogP contribution in [-0.2, 0) is 22.9 Å². The topological polar surface area (TPSA) is 93.1 Å². The predicted octanol–water partition coefficient (Wildman–Crippen LogP) is 4.39. The molecule has 1 heterocycles. The fraction of sp³-hybridized carbons (Fsp3) is 0.304. The quantitative estimate of drug-likeness (QED) is 0.429. The smallest absolute Gasteiger partial charge is 0.319 e. The van der Waals surface area contributed by atoms with Gasteiger partial charge in [-0.3, -0.25) is 14.1 Å². The summed E-state index contributed by atoms with van der Waals surface area (Å²) in [5.74, 6) is -0.367. The summed E-state index contributed by atoms with van der Waals surface area (Å²) >= 11 is 0. The minimum absolute atomic E-state index is 0.0570. The largest absolute Gasteiger partial charge is 0.352 e. The molecule has 1 amide bonds. The molecular formula is C23H26F2N4O3S. The average Bonchev–Trinajstić information content (AvgIpc) is 3.27. The van der Waals surface area contributed by atoms with Gasteiger partial charge in [-0.15, -0.1) is 0 Å². The molecule has 0 radical (unpaired) electrons. The Morgan fingerprint density at radius 1 is 1.12 bits per heavy atom. The fourth-order valence-electron chi connectivity index (χ4n) is 3.24. The highest BCUT2D eigenvalue weighted by molar-refractivity contribution is 7.92. The number of unbranched alkanes of at least 4 members (excludes halogenated alkanes) is 1. The Kier molecular flexibility index (Phi) is 8.16. The minimum atomic E-state index is -3.90. The predicted molar refractivity (Wildman–Crippen MR) is 122 cm³/mol. The number of carbonyl (C=O) groups is 1. The van der Waals surface area contributed by atoms with E-state index in [0.717, 1.165) is 29.4 Å². The fourth-order valence-corrected chi connectivity index (χ4v) is 4.35. The lowest BCUT2D eigenvalue weighted by Crippen LogP contribution is -2.27. The molecule has 2 aromatic carbocycles. The molecule has 0 aliphatic rings. The van der Waals surface area contributed by atoms with Crippen LogP contribution in [0.25, 0.3) is 0 Å². The first kappa shape index (κ1) is 24.4. The number of amides is 1. The SMILES string of the molecule is CCCCc1ccc(NS(=O)(=O)c2cccc(C(=O)NCCc3nccn3C(F)F)c2)cc1. The Balaban J connectivity index is 1.62. The standard InChI is InChI=1S/C23H26F2N4O3S/c1-2-3-5-17-8-10-19(11-9-17)28-33(31,32)20-7-4-6-18(16-20)22(30)27-13-12-21-26-14-15-29(21)23(24)25/h4,6-11,14-16,23,28H,2-3,5,12-13H2,1H3,(H,27,30). The zero-order valence-electron chi connectivity index (χ0n) is 18.2. The zero-order valence-corrected chi connectivity index (χ0v) is 19.0. The molecule has 0 atom stereocenters. The van der Waals surface area contributed by atoms with Gasteiger partial charge in [-0.2, -0.15) is 8.78 Å². The molecule has 2 N–H and O–H groups in total. The molecule has 0 aliphatic heterocycles. The van der Waals surface area contributed by atoms with E-state index >= 15 is 0 Å². The summed E-state index contributed by atoms with van der Waals surface area (Å²) in [6.45, 7) is -0.526. The molecule has 176 valence electrons. The van der Waals surface area contributed by atoms with Crippen LogP contribution in [0.5, 0.6) is 0 Å². The third-order valence-corrected chi connectivity index (χ3v) is 6.40. The first-order chi connectivity index (χ1) is 15.8. The first-order valence-electron chi connectivity index (χ1n) is 10.6. The number of aromatic nitrogens is 2. The highest BCUT2D eigenvalue weighted by Gasteiger charge is 2.17. The van der Waals surface area contributed by atoms with Gasteiger partial charge in [-0.05, 0) is 48.7 Å². The maximum absolute atomic E-state index is 12.9. The lowest BCUT2D eigenvalue weighted by molar-refractivity contribution is 0.0670. The Morgan fingerprint density at radius 3 is 2.58 bits per heavy atom. The van der Waals surface area contributed by atoms with Crippen molar-refractivity contribution in [2.24, 2.45) is 0 Å². The highest BCUT2D eigenvalue weighted by atomic mass is 32.2. The normalized spacial score (nSPS) is 11.5. The Labute approximate surface area is 191 Å². The van der Waals surface area contributed by atoms with E-state index in [0.29, 0.717) is 5.69 Å². The van der Waals surface area contributed by atoms with Crippen molar-refractivity contribution in [3.05, 3.63) is 77.9 Å². The van der Waals surface area contributed by atoms with Gasteiger partial charge in [0, 0.05) is 36.6 Å². The summed E-state index contributed by atoms with van der Waals surface area (Å²) in [5, 5.41) is 2.60. The van der Waals surface area contributed by atoms with Crippen LogP contribution >= 0.6 is 0 Å². The minimum Gasteiger partial charge on any atom is -0.352 e. The lowest BCUT2D eigenvalue weighted by atomic mass is 10.1. The first-order valence-corrected chi connectivity index (χ1v) is 12.1. The number of nitrogens with zero attached hydrogens (tertiary/aromatic N) is 2. The van der Waals surface area contributed by atoms with Crippen LogP contribution in [0.1, 0.15) is 48.1 Å². The summed E-state index contributed by atoms with van der Waals surface area (Å²) in [6.07, 6.45) is 5.63. The van der Waals surface area contributed by atoms with Gasteiger partial charge in [-0.25, -0.2) is 13.4 Å². The molecule has 0 saturated carbocycles. The molecule has 0 aliphatic carbocycles. The molecule has 1 aromatic heterocycles. The molecule has 7 nitrogen and oxygen atoms in total. The number of carbonyl (C=O) groups excluding carboxylic acids is 1. The molecule has 33 heavy (non-hydrogen) atoms. The van der Waals surface area contributed by atoms with E-state index in [1.165, 1.54) is 36.7 Å². The van der Waals surface area contributed by atoms with E-state index < -0.39 is 22.5 Å². The van der Waals surface area contributed by atoms with Crippen molar-refractivity contribution in [2.45, 2.75) is 44.1 Å². The van der Waals surface area contributed by atoms with Crippen LogP contribution in [0, 0.1) is 0 Å². The van der Waals surface area contributed by atoms with Crippen LogP contribution < -0.4 is 10.0 Å². The number of anilines is 1. The molecule has 0 spiro atoms. The van der Waals surface area contributed by atoms with Crippen LogP contribution in [-0.4, -0.2) is 30.4 Å². The van der Waals surface area contributed by atoms with E-state index in [9.17, 15) is 22.0 Å². The van der Waals surface area contributed by atoms with Crippen molar-refractivity contribution in [3.63, 3.8) is 0 Å². The second-order valence-electron chi connectivity index (χ2n) is 7.47. The van der Waals surface area contributed by atoms with Gasteiger partial charge in [0.1, 0.15) is 5.82 Å². The third-order valence-electron chi connectivity index (χ3n) is 5.02. The number of alkyl halides is 2. The van der Waals surface area contributed by atoms with E-state index in [4.69, 9.17) is 0 Å². The highest BCUT2D eigenvalue weighted by Crippen LogP contribution is 2.19. The lowest BCUT2D eigenvalue weighted by Gasteiger charge is -2.11. The van der Waals surface area contributed by atoms with E-state index in [1.807, 2.05) is 12.1 Å². The van der Waals surface area contributed by atoms with E-state index in [2.05, 4.69) is 21.9 Å². The van der Waals surface area contributed by atoms with Crippen LogP contribution in [0.3, 0.4) is 0 Å². The van der Waals surface area contributed by atoms with E-state index in [1.54, 1.807) is 12.1 Å². The molecule has 10 heteroatoms. The Hall–Kier alpha value is -3.27. The van der Waals surface area contributed by atoms with Crippen molar-refractivity contribution in [3.8, 4) is 0 Å². The maximum Gasteiger partial charge on any atom is 0.319 e. The van der Waals surface area contributed by atoms with Crippen molar-refractivity contribution in [2.75, 3.05) is 11.3 Å². The number of sulfonamides is 1.